The minimum absolute atomic E-state index is 0.117. The molecule has 1 atom stereocenters. The lowest BCUT2D eigenvalue weighted by Gasteiger charge is -2.23. The van der Waals surface area contributed by atoms with Crippen molar-refractivity contribution in [3.63, 3.8) is 0 Å². The summed E-state index contributed by atoms with van der Waals surface area (Å²) in [5.41, 5.74) is 9.07. The molecule has 2 amide bonds. The van der Waals surface area contributed by atoms with Crippen LogP contribution >= 0.6 is 0 Å². The lowest BCUT2D eigenvalue weighted by Crippen LogP contribution is -2.36. The molecule has 0 radical (unpaired) electrons. The molecule has 0 aliphatic rings. The number of hydrogen-bond acceptors (Lipinski definition) is 5. The van der Waals surface area contributed by atoms with E-state index in [1.54, 1.807) is 20.8 Å². The number of hydrogen-bond donors (Lipinski definition) is 3. The molecule has 0 fully saturated rings. The fourth-order valence-corrected chi connectivity index (χ4v) is 3.60. The van der Waals surface area contributed by atoms with Crippen molar-refractivity contribution >= 4 is 12.0 Å². The summed E-state index contributed by atoms with van der Waals surface area (Å²) in [5, 5.41) is 12.6. The van der Waals surface area contributed by atoms with Gasteiger partial charge in [0.25, 0.3) is 0 Å². The molecule has 7 nitrogen and oxygen atoms in total. The number of amides is 2. The molecule has 0 saturated carbocycles. The number of nitrogens with one attached hydrogen (secondary N) is 1. The molecule has 0 spiro atoms. The summed E-state index contributed by atoms with van der Waals surface area (Å²) in [4.78, 5) is 23.5. The highest BCUT2D eigenvalue weighted by molar-refractivity contribution is 5.77. The third kappa shape index (κ3) is 7.86. The zero-order valence-corrected chi connectivity index (χ0v) is 20.3. The minimum atomic E-state index is -0.630. The number of para-hydroxylation sites is 1. The normalized spacial score (nSPS) is 12.0. The van der Waals surface area contributed by atoms with Crippen molar-refractivity contribution < 1.29 is 24.2 Å². The second-order valence-electron chi connectivity index (χ2n) is 9.25. The number of rotatable bonds is 9. The summed E-state index contributed by atoms with van der Waals surface area (Å²) in [7, 11) is 0. The average Bonchev–Trinajstić information content (AvgIpc) is 2.81. The summed E-state index contributed by atoms with van der Waals surface area (Å²) in [6.07, 6.45) is -0.468. The van der Waals surface area contributed by atoms with Gasteiger partial charge in [-0.1, -0.05) is 54.6 Å². The molecule has 3 aromatic rings. The number of nitrogens with two attached hydrogens (primary N) is 1. The molecule has 3 aromatic carbocycles. The maximum atomic E-state index is 12.2. The van der Waals surface area contributed by atoms with Crippen LogP contribution in [-0.2, 0) is 22.6 Å². The molecule has 0 aliphatic carbocycles. The molecular weight excluding hydrogens is 444 g/mol. The molecule has 184 valence electrons. The van der Waals surface area contributed by atoms with Gasteiger partial charge in [0.2, 0.25) is 5.91 Å². The van der Waals surface area contributed by atoms with Crippen LogP contribution in [0, 0.1) is 0 Å². The Bertz CT molecular complexity index is 1170. The van der Waals surface area contributed by atoms with Crippen molar-refractivity contribution in [2.75, 3.05) is 6.61 Å². The van der Waals surface area contributed by atoms with Gasteiger partial charge in [0.05, 0.1) is 19.1 Å². The van der Waals surface area contributed by atoms with Crippen molar-refractivity contribution in [2.24, 2.45) is 5.73 Å². The second kappa shape index (κ2) is 11.5. The molecule has 0 bridgehead atoms. The van der Waals surface area contributed by atoms with E-state index in [0.29, 0.717) is 12.4 Å². The van der Waals surface area contributed by atoms with Crippen LogP contribution in [0.2, 0.25) is 0 Å². The van der Waals surface area contributed by atoms with E-state index in [0.717, 1.165) is 27.8 Å². The fraction of sp³-hybridized carbons (Fsp3) is 0.286. The van der Waals surface area contributed by atoms with Gasteiger partial charge in [-0.3, -0.25) is 4.79 Å². The van der Waals surface area contributed by atoms with Crippen LogP contribution in [-0.4, -0.2) is 29.3 Å². The van der Waals surface area contributed by atoms with Gasteiger partial charge in [0.15, 0.2) is 0 Å². The SMILES string of the molecule is CC(C)(C)OC(=O)N[C@H](CO)c1cccc(-c2cccc(COc3ccccc3CC(N)=O)c2)c1. The van der Waals surface area contributed by atoms with E-state index in [2.05, 4.69) is 5.32 Å². The Morgan fingerprint density at radius 3 is 2.34 bits per heavy atom. The third-order valence-corrected chi connectivity index (χ3v) is 5.15. The first-order valence-electron chi connectivity index (χ1n) is 11.4. The fourth-order valence-electron chi connectivity index (χ4n) is 3.60. The average molecular weight is 477 g/mol. The molecular formula is C28H32N2O5. The van der Waals surface area contributed by atoms with E-state index in [4.69, 9.17) is 15.2 Å². The van der Waals surface area contributed by atoms with Crippen molar-refractivity contribution in [3.8, 4) is 16.9 Å². The highest BCUT2D eigenvalue weighted by atomic mass is 16.6. The van der Waals surface area contributed by atoms with E-state index in [1.165, 1.54) is 0 Å². The van der Waals surface area contributed by atoms with Gasteiger partial charge < -0.3 is 25.6 Å². The van der Waals surface area contributed by atoms with E-state index in [-0.39, 0.29) is 13.0 Å². The third-order valence-electron chi connectivity index (χ3n) is 5.15. The van der Waals surface area contributed by atoms with Gasteiger partial charge in [0.1, 0.15) is 18.0 Å². The first kappa shape index (κ1) is 25.8. The van der Waals surface area contributed by atoms with Gasteiger partial charge in [-0.05, 0) is 61.2 Å². The first-order valence-corrected chi connectivity index (χ1v) is 11.4. The number of carbonyl (C=O) groups is 2. The highest BCUT2D eigenvalue weighted by Gasteiger charge is 2.20. The number of benzene rings is 3. The van der Waals surface area contributed by atoms with Crippen LogP contribution in [0.15, 0.2) is 72.8 Å². The minimum Gasteiger partial charge on any atom is -0.489 e. The Morgan fingerprint density at radius 1 is 0.971 bits per heavy atom. The topological polar surface area (TPSA) is 111 Å². The number of carbonyl (C=O) groups excluding carboxylic acids is 2. The van der Waals surface area contributed by atoms with Crippen molar-refractivity contribution in [1.82, 2.24) is 5.32 Å². The standard InChI is InChI=1S/C28H32N2O5/c1-28(2,3)35-27(33)30-24(17-31)22-12-7-11-21(15-22)20-10-6-8-19(14-20)18-34-25-13-5-4-9-23(25)16-26(29)32/h4-15,24,31H,16-18H2,1-3H3,(H2,29,32)(H,30,33)/t24-/m1/s1. The van der Waals surface area contributed by atoms with E-state index in [9.17, 15) is 14.7 Å². The quantitative estimate of drug-likeness (QED) is 0.421. The van der Waals surface area contributed by atoms with Crippen molar-refractivity contribution in [1.29, 1.82) is 0 Å². The van der Waals surface area contributed by atoms with Gasteiger partial charge in [0, 0.05) is 5.56 Å². The molecule has 3 rings (SSSR count). The van der Waals surface area contributed by atoms with Crippen molar-refractivity contribution in [3.05, 3.63) is 89.5 Å². The summed E-state index contributed by atoms with van der Waals surface area (Å²) >= 11 is 0. The summed E-state index contributed by atoms with van der Waals surface area (Å²) < 4.78 is 11.3. The summed E-state index contributed by atoms with van der Waals surface area (Å²) in [6, 6.07) is 22.3. The Balaban J connectivity index is 1.74. The van der Waals surface area contributed by atoms with Crippen molar-refractivity contribution in [2.45, 2.75) is 45.4 Å². The Morgan fingerprint density at radius 2 is 1.66 bits per heavy atom. The zero-order valence-electron chi connectivity index (χ0n) is 20.3. The number of aliphatic hydroxyl groups is 1. The lowest BCUT2D eigenvalue weighted by molar-refractivity contribution is -0.117. The van der Waals surface area contributed by atoms with Gasteiger partial charge in [-0.2, -0.15) is 0 Å². The predicted molar refractivity (Wildman–Crippen MR) is 135 cm³/mol. The van der Waals surface area contributed by atoms with Gasteiger partial charge in [-0.25, -0.2) is 4.79 Å². The molecule has 0 aliphatic heterocycles. The zero-order chi connectivity index (χ0) is 25.4. The highest BCUT2D eigenvalue weighted by Crippen LogP contribution is 2.26. The summed E-state index contributed by atoms with van der Waals surface area (Å²) in [6.45, 7) is 5.42. The molecule has 0 unspecified atom stereocenters. The van der Waals surface area contributed by atoms with Crippen LogP contribution in [0.4, 0.5) is 4.79 Å². The predicted octanol–water partition coefficient (Wildman–Crippen LogP) is 4.52. The Labute approximate surface area is 205 Å². The molecule has 0 saturated heterocycles. The Hall–Kier alpha value is -3.84. The van der Waals surface area contributed by atoms with E-state index >= 15 is 0 Å². The number of aliphatic hydroxyl groups excluding tert-OH is 1. The Kier molecular flexibility index (Phi) is 8.49. The molecule has 4 N–H and O–H groups in total. The second-order valence-corrected chi connectivity index (χ2v) is 9.25. The molecule has 7 heteroatoms. The molecule has 0 heterocycles. The van der Waals surface area contributed by atoms with E-state index < -0.39 is 23.6 Å². The number of ether oxygens (including phenoxy) is 2. The largest absolute Gasteiger partial charge is 0.489 e. The maximum absolute atomic E-state index is 12.2. The summed E-state index contributed by atoms with van der Waals surface area (Å²) in [5.74, 6) is 0.211. The van der Waals surface area contributed by atoms with Crippen LogP contribution in [0.5, 0.6) is 5.75 Å². The van der Waals surface area contributed by atoms with Crippen LogP contribution in [0.25, 0.3) is 11.1 Å². The lowest BCUT2D eigenvalue weighted by atomic mass is 9.98. The van der Waals surface area contributed by atoms with E-state index in [1.807, 2.05) is 72.8 Å². The van der Waals surface area contributed by atoms with Crippen LogP contribution < -0.4 is 15.8 Å². The van der Waals surface area contributed by atoms with Gasteiger partial charge >= 0.3 is 6.09 Å². The molecule has 35 heavy (non-hydrogen) atoms. The van der Waals surface area contributed by atoms with Crippen LogP contribution in [0.3, 0.4) is 0 Å². The van der Waals surface area contributed by atoms with Gasteiger partial charge in [-0.15, -0.1) is 0 Å². The molecule has 0 aromatic heterocycles. The monoisotopic (exact) mass is 476 g/mol. The number of primary amides is 1. The smallest absolute Gasteiger partial charge is 0.408 e. The maximum Gasteiger partial charge on any atom is 0.408 e. The number of alkyl carbamates (subject to hydrolysis) is 1. The van der Waals surface area contributed by atoms with Crippen LogP contribution in [0.1, 0.15) is 43.5 Å². The first-order chi connectivity index (χ1) is 16.6.